The summed E-state index contributed by atoms with van der Waals surface area (Å²) in [6.07, 6.45) is 0. The molecule has 0 heterocycles. The van der Waals surface area contributed by atoms with Gasteiger partial charge in [0, 0.05) is 10.0 Å². The molecule has 21 heavy (non-hydrogen) atoms. The standard InChI is InChI=1S/C16H15BrO3S/c1-11-3-8-15(12(2)9-11)16(18)10-21(19,20)14-6-4-13(17)5-7-14/h3-9H,10H2,1-2H3. The predicted molar refractivity (Wildman–Crippen MR) is 86.4 cm³/mol. The first-order chi connectivity index (χ1) is 9.79. The van der Waals surface area contributed by atoms with Crippen molar-refractivity contribution in [2.24, 2.45) is 0 Å². The first kappa shape index (κ1) is 15.9. The molecule has 0 saturated carbocycles. The Morgan fingerprint density at radius 2 is 1.67 bits per heavy atom. The van der Waals surface area contributed by atoms with E-state index in [1.165, 1.54) is 12.1 Å². The van der Waals surface area contributed by atoms with Gasteiger partial charge in [-0.15, -0.1) is 0 Å². The van der Waals surface area contributed by atoms with Crippen LogP contribution in [0, 0.1) is 13.8 Å². The molecule has 110 valence electrons. The fourth-order valence-electron chi connectivity index (χ4n) is 2.10. The molecule has 0 amide bonds. The molecule has 0 aromatic heterocycles. The SMILES string of the molecule is Cc1ccc(C(=O)CS(=O)(=O)c2ccc(Br)cc2)c(C)c1. The van der Waals surface area contributed by atoms with Crippen LogP contribution in [-0.2, 0) is 9.84 Å². The molecule has 3 nitrogen and oxygen atoms in total. The first-order valence-electron chi connectivity index (χ1n) is 6.38. The molecule has 2 aromatic carbocycles. The lowest BCUT2D eigenvalue weighted by molar-refractivity contribution is 0.102. The fourth-order valence-corrected chi connectivity index (χ4v) is 3.58. The number of rotatable bonds is 4. The largest absolute Gasteiger partial charge is 0.293 e. The number of Topliss-reactive ketones (excluding diaryl/α,β-unsaturated/α-hetero) is 1. The summed E-state index contributed by atoms with van der Waals surface area (Å²) in [6.45, 7) is 3.74. The Labute approximate surface area is 133 Å². The maximum Gasteiger partial charge on any atom is 0.185 e. The van der Waals surface area contributed by atoms with E-state index in [1.807, 2.05) is 26.0 Å². The van der Waals surface area contributed by atoms with Crippen LogP contribution >= 0.6 is 15.9 Å². The molecule has 0 N–H and O–H groups in total. The summed E-state index contributed by atoms with van der Waals surface area (Å²) in [5, 5.41) is 0. The number of hydrogen-bond donors (Lipinski definition) is 0. The second-order valence-electron chi connectivity index (χ2n) is 4.95. The van der Waals surface area contributed by atoms with Crippen LogP contribution in [-0.4, -0.2) is 20.0 Å². The van der Waals surface area contributed by atoms with Crippen LogP contribution < -0.4 is 0 Å². The van der Waals surface area contributed by atoms with Gasteiger partial charge in [-0.2, -0.15) is 0 Å². The third kappa shape index (κ3) is 3.80. The number of benzene rings is 2. The van der Waals surface area contributed by atoms with Crippen LogP contribution in [0.15, 0.2) is 51.8 Å². The molecule has 0 atom stereocenters. The number of ketones is 1. The van der Waals surface area contributed by atoms with Gasteiger partial charge in [0.05, 0.1) is 4.90 Å². The van der Waals surface area contributed by atoms with Crippen molar-refractivity contribution in [3.05, 3.63) is 63.6 Å². The van der Waals surface area contributed by atoms with E-state index in [4.69, 9.17) is 0 Å². The minimum Gasteiger partial charge on any atom is -0.293 e. The maximum atomic E-state index is 12.3. The Morgan fingerprint density at radius 3 is 2.24 bits per heavy atom. The van der Waals surface area contributed by atoms with Crippen LogP contribution in [0.25, 0.3) is 0 Å². The number of hydrogen-bond acceptors (Lipinski definition) is 3. The van der Waals surface area contributed by atoms with Gasteiger partial charge in [-0.1, -0.05) is 39.7 Å². The molecular weight excluding hydrogens is 352 g/mol. The van der Waals surface area contributed by atoms with Gasteiger partial charge in [-0.3, -0.25) is 4.79 Å². The summed E-state index contributed by atoms with van der Waals surface area (Å²) in [6, 6.07) is 11.7. The van der Waals surface area contributed by atoms with E-state index >= 15 is 0 Å². The molecule has 2 aromatic rings. The van der Waals surface area contributed by atoms with Gasteiger partial charge < -0.3 is 0 Å². The van der Waals surface area contributed by atoms with Gasteiger partial charge in [0.2, 0.25) is 0 Å². The smallest absolute Gasteiger partial charge is 0.185 e. The van der Waals surface area contributed by atoms with Crippen LogP contribution in [0.2, 0.25) is 0 Å². The van der Waals surface area contributed by atoms with E-state index in [0.29, 0.717) is 5.56 Å². The lowest BCUT2D eigenvalue weighted by Gasteiger charge is -2.07. The van der Waals surface area contributed by atoms with Crippen molar-refractivity contribution in [2.45, 2.75) is 18.7 Å². The van der Waals surface area contributed by atoms with Crippen molar-refractivity contribution in [1.29, 1.82) is 0 Å². The third-order valence-electron chi connectivity index (χ3n) is 3.18. The highest BCUT2D eigenvalue weighted by Gasteiger charge is 2.21. The van der Waals surface area contributed by atoms with Gasteiger partial charge >= 0.3 is 0 Å². The van der Waals surface area contributed by atoms with Gasteiger partial charge in [0.25, 0.3) is 0 Å². The molecule has 5 heteroatoms. The number of sulfone groups is 1. The molecule has 0 aliphatic carbocycles. The zero-order valence-electron chi connectivity index (χ0n) is 11.8. The molecule has 0 unspecified atom stereocenters. The number of carbonyl (C=O) groups is 1. The summed E-state index contributed by atoms with van der Waals surface area (Å²) in [7, 11) is -3.62. The van der Waals surface area contributed by atoms with E-state index in [9.17, 15) is 13.2 Å². The second-order valence-corrected chi connectivity index (χ2v) is 7.86. The van der Waals surface area contributed by atoms with E-state index in [-0.39, 0.29) is 10.7 Å². The van der Waals surface area contributed by atoms with Gasteiger partial charge in [-0.05, 0) is 43.7 Å². The molecule has 0 aliphatic heterocycles. The topological polar surface area (TPSA) is 51.2 Å². The Kier molecular flexibility index (Phi) is 4.64. The normalized spacial score (nSPS) is 11.4. The van der Waals surface area contributed by atoms with Crippen molar-refractivity contribution >= 4 is 31.6 Å². The summed E-state index contributed by atoms with van der Waals surface area (Å²) in [4.78, 5) is 12.4. The highest BCUT2D eigenvalue weighted by molar-refractivity contribution is 9.10. The average molecular weight is 367 g/mol. The molecule has 0 aliphatic rings. The summed E-state index contributed by atoms with van der Waals surface area (Å²) in [5.74, 6) is -0.895. The zero-order chi connectivity index (χ0) is 15.6. The lowest BCUT2D eigenvalue weighted by atomic mass is 10.0. The Morgan fingerprint density at radius 1 is 1.05 bits per heavy atom. The third-order valence-corrected chi connectivity index (χ3v) is 5.34. The molecular formula is C16H15BrO3S. The fraction of sp³-hybridized carbons (Fsp3) is 0.188. The van der Waals surface area contributed by atoms with Crippen molar-refractivity contribution < 1.29 is 13.2 Å². The maximum absolute atomic E-state index is 12.3. The second kappa shape index (κ2) is 6.12. The number of aryl methyl sites for hydroxylation is 2. The van der Waals surface area contributed by atoms with Crippen molar-refractivity contribution in [2.75, 3.05) is 5.75 Å². The summed E-state index contributed by atoms with van der Waals surface area (Å²) in [5.41, 5.74) is 2.30. The predicted octanol–water partition coefficient (Wildman–Crippen LogP) is 3.72. The molecule has 0 spiro atoms. The highest BCUT2D eigenvalue weighted by Crippen LogP contribution is 2.18. The van der Waals surface area contributed by atoms with E-state index < -0.39 is 15.6 Å². The molecule has 2 rings (SSSR count). The first-order valence-corrected chi connectivity index (χ1v) is 8.83. The minimum absolute atomic E-state index is 0.156. The number of carbonyl (C=O) groups excluding carboxylic acids is 1. The van der Waals surface area contributed by atoms with E-state index in [0.717, 1.165) is 15.6 Å². The van der Waals surface area contributed by atoms with Gasteiger partial charge in [-0.25, -0.2) is 8.42 Å². The quantitative estimate of drug-likeness (QED) is 0.774. The van der Waals surface area contributed by atoms with Gasteiger partial charge in [0.15, 0.2) is 15.6 Å². The average Bonchev–Trinajstić information content (AvgIpc) is 2.38. The van der Waals surface area contributed by atoms with Crippen LogP contribution in [0.5, 0.6) is 0 Å². The molecule has 0 saturated heterocycles. The van der Waals surface area contributed by atoms with Crippen molar-refractivity contribution in [3.8, 4) is 0 Å². The zero-order valence-corrected chi connectivity index (χ0v) is 14.2. The Bertz CT molecular complexity index is 778. The minimum atomic E-state index is -3.62. The monoisotopic (exact) mass is 366 g/mol. The molecule has 0 bridgehead atoms. The Balaban J connectivity index is 2.28. The van der Waals surface area contributed by atoms with E-state index in [2.05, 4.69) is 15.9 Å². The van der Waals surface area contributed by atoms with Crippen molar-refractivity contribution in [1.82, 2.24) is 0 Å². The Hall–Kier alpha value is -1.46. The number of halogens is 1. The van der Waals surface area contributed by atoms with Crippen LogP contribution in [0.3, 0.4) is 0 Å². The van der Waals surface area contributed by atoms with Crippen molar-refractivity contribution in [3.63, 3.8) is 0 Å². The van der Waals surface area contributed by atoms with Crippen LogP contribution in [0.1, 0.15) is 21.5 Å². The molecule has 0 fully saturated rings. The highest BCUT2D eigenvalue weighted by atomic mass is 79.9. The van der Waals surface area contributed by atoms with Gasteiger partial charge in [0.1, 0.15) is 5.75 Å². The van der Waals surface area contributed by atoms with Crippen LogP contribution in [0.4, 0.5) is 0 Å². The summed E-state index contributed by atoms with van der Waals surface area (Å²) >= 11 is 3.25. The lowest BCUT2D eigenvalue weighted by Crippen LogP contribution is -2.17. The van der Waals surface area contributed by atoms with E-state index in [1.54, 1.807) is 18.2 Å². The molecule has 0 radical (unpaired) electrons. The summed E-state index contributed by atoms with van der Waals surface area (Å²) < 4.78 is 25.3.